The normalized spacial score (nSPS) is 32.1. The third kappa shape index (κ3) is 3.88. The lowest BCUT2D eigenvalue weighted by atomic mass is 9.75. The first-order valence-corrected chi connectivity index (χ1v) is 9.49. The molecule has 0 bridgehead atoms. The van der Waals surface area contributed by atoms with Crippen LogP contribution < -0.4 is 5.32 Å². The minimum Gasteiger partial charge on any atom is -0.464 e. The van der Waals surface area contributed by atoms with Crippen molar-refractivity contribution in [2.24, 2.45) is 11.8 Å². The van der Waals surface area contributed by atoms with Crippen LogP contribution in [0.1, 0.15) is 58.3 Å². The maximum atomic E-state index is 12.8. The van der Waals surface area contributed by atoms with Gasteiger partial charge in [-0.1, -0.05) is 25.5 Å². The lowest BCUT2D eigenvalue weighted by molar-refractivity contribution is -0.149. The number of esters is 1. The minimum absolute atomic E-state index is 0.260. The molecule has 3 rings (SSSR count). The van der Waals surface area contributed by atoms with Gasteiger partial charge in [-0.25, -0.2) is 4.79 Å². The van der Waals surface area contributed by atoms with Crippen LogP contribution in [0.25, 0.3) is 0 Å². The Bertz CT molecular complexity index is 564. The number of urea groups is 1. The van der Waals surface area contributed by atoms with Crippen molar-refractivity contribution < 1.29 is 19.1 Å². The fraction of sp³-hybridized carbons (Fsp3) is 0.737. The number of carbonyl (C=O) groups excluding carboxylic acids is 3. The zero-order chi connectivity index (χ0) is 17.9. The van der Waals surface area contributed by atoms with Gasteiger partial charge >= 0.3 is 12.0 Å². The molecule has 0 unspecified atom stereocenters. The Hall–Kier alpha value is -1.85. The van der Waals surface area contributed by atoms with Gasteiger partial charge in [0.15, 0.2) is 0 Å². The smallest absolute Gasteiger partial charge is 0.326 e. The highest BCUT2D eigenvalue weighted by Crippen LogP contribution is 2.37. The van der Waals surface area contributed by atoms with Crippen molar-refractivity contribution in [1.82, 2.24) is 10.2 Å². The number of nitrogens with zero attached hydrogens (tertiary/aromatic N) is 1. The summed E-state index contributed by atoms with van der Waals surface area (Å²) in [6.07, 6.45) is 11.5. The molecule has 2 aliphatic carbocycles. The van der Waals surface area contributed by atoms with E-state index in [1.54, 1.807) is 0 Å². The average Bonchev–Trinajstić information content (AvgIpc) is 2.86. The molecule has 3 amide bonds. The van der Waals surface area contributed by atoms with Crippen LogP contribution in [-0.4, -0.2) is 41.5 Å². The maximum absolute atomic E-state index is 12.8. The topological polar surface area (TPSA) is 75.7 Å². The molecule has 1 atom stereocenters. The monoisotopic (exact) mass is 348 g/mol. The summed E-state index contributed by atoms with van der Waals surface area (Å²) < 4.78 is 5.30. The van der Waals surface area contributed by atoms with Crippen molar-refractivity contribution in [3.63, 3.8) is 0 Å². The van der Waals surface area contributed by atoms with Crippen LogP contribution in [-0.2, 0) is 14.3 Å². The number of rotatable bonds is 5. The summed E-state index contributed by atoms with van der Waals surface area (Å²) in [6.45, 7) is 2.23. The van der Waals surface area contributed by atoms with Crippen LogP contribution in [0.15, 0.2) is 12.2 Å². The first kappa shape index (κ1) is 18.0. The van der Waals surface area contributed by atoms with Gasteiger partial charge in [-0.3, -0.25) is 14.5 Å². The third-order valence-electron chi connectivity index (χ3n) is 5.93. The minimum atomic E-state index is -0.794. The predicted molar refractivity (Wildman–Crippen MR) is 92.7 cm³/mol. The van der Waals surface area contributed by atoms with Gasteiger partial charge in [0.25, 0.3) is 5.91 Å². The SMILES string of the molecule is CCC1CCC2(CC1)NC(=O)N(CC(=O)OC[C@@H]1CC=CCC1)C2=O. The first-order valence-electron chi connectivity index (χ1n) is 9.49. The second-order valence-electron chi connectivity index (χ2n) is 7.59. The molecule has 2 fully saturated rings. The number of carbonyl (C=O) groups is 3. The quantitative estimate of drug-likeness (QED) is 0.471. The standard InChI is InChI=1S/C19H28N2O4/c1-2-14-8-10-19(11-9-14)17(23)21(18(24)20-19)12-16(22)25-13-15-6-4-3-5-7-15/h3-4,14-15H,2,5-13H2,1H3,(H,20,24)/t14?,15-,19?/m1/s1. The van der Waals surface area contributed by atoms with Crippen molar-refractivity contribution in [2.75, 3.05) is 13.2 Å². The van der Waals surface area contributed by atoms with Crippen LogP contribution in [0.5, 0.6) is 0 Å². The highest BCUT2D eigenvalue weighted by molar-refractivity contribution is 6.08. The summed E-state index contributed by atoms with van der Waals surface area (Å²) in [6, 6.07) is -0.461. The van der Waals surface area contributed by atoms with Crippen molar-refractivity contribution in [1.29, 1.82) is 0 Å². The molecule has 0 aromatic heterocycles. The molecular weight excluding hydrogens is 320 g/mol. The molecule has 0 radical (unpaired) electrons. The fourth-order valence-corrected chi connectivity index (χ4v) is 4.13. The molecule has 1 spiro atoms. The maximum Gasteiger partial charge on any atom is 0.326 e. The van der Waals surface area contributed by atoms with Crippen LogP contribution in [0, 0.1) is 11.8 Å². The van der Waals surface area contributed by atoms with E-state index in [2.05, 4.69) is 24.4 Å². The second-order valence-corrected chi connectivity index (χ2v) is 7.59. The van der Waals surface area contributed by atoms with Gasteiger partial charge in [0, 0.05) is 0 Å². The number of allylic oxidation sites excluding steroid dienone is 2. The third-order valence-corrected chi connectivity index (χ3v) is 5.93. The second kappa shape index (κ2) is 7.58. The summed E-state index contributed by atoms with van der Waals surface area (Å²) >= 11 is 0. The Morgan fingerprint density at radius 2 is 2.00 bits per heavy atom. The van der Waals surface area contributed by atoms with E-state index < -0.39 is 17.5 Å². The Morgan fingerprint density at radius 1 is 1.24 bits per heavy atom. The Kier molecular flexibility index (Phi) is 5.45. The molecular formula is C19H28N2O4. The largest absolute Gasteiger partial charge is 0.464 e. The summed E-state index contributed by atoms with van der Waals surface area (Å²) in [5.74, 6) is 0.202. The lowest BCUT2D eigenvalue weighted by Crippen LogP contribution is -2.49. The number of ether oxygens (including phenoxy) is 1. The van der Waals surface area contributed by atoms with Crippen LogP contribution in [0.4, 0.5) is 4.79 Å². The van der Waals surface area contributed by atoms with E-state index >= 15 is 0 Å². The van der Waals surface area contributed by atoms with E-state index in [1.165, 1.54) is 0 Å². The number of hydrogen-bond acceptors (Lipinski definition) is 4. The van der Waals surface area contributed by atoms with Gasteiger partial charge in [0.1, 0.15) is 12.1 Å². The summed E-state index contributed by atoms with van der Waals surface area (Å²) in [5, 5.41) is 2.85. The first-order chi connectivity index (χ1) is 12.0. The van der Waals surface area contributed by atoms with Crippen molar-refractivity contribution in [2.45, 2.75) is 63.8 Å². The van der Waals surface area contributed by atoms with E-state index in [9.17, 15) is 14.4 Å². The van der Waals surface area contributed by atoms with E-state index in [0.29, 0.717) is 31.3 Å². The van der Waals surface area contributed by atoms with Crippen LogP contribution in [0.3, 0.4) is 0 Å². The molecule has 1 saturated heterocycles. The Balaban J connectivity index is 1.52. The molecule has 1 N–H and O–H groups in total. The van der Waals surface area contributed by atoms with Crippen molar-refractivity contribution in [3.05, 3.63) is 12.2 Å². The summed E-state index contributed by atoms with van der Waals surface area (Å²) in [5.41, 5.74) is -0.794. The van der Waals surface area contributed by atoms with E-state index in [-0.39, 0.29) is 12.5 Å². The lowest BCUT2D eigenvalue weighted by Gasteiger charge is -2.34. The van der Waals surface area contributed by atoms with E-state index in [1.807, 2.05) is 0 Å². The van der Waals surface area contributed by atoms with Crippen molar-refractivity contribution in [3.8, 4) is 0 Å². The molecule has 0 aromatic carbocycles. The number of amides is 3. The van der Waals surface area contributed by atoms with Crippen LogP contribution in [0.2, 0.25) is 0 Å². The Morgan fingerprint density at radius 3 is 2.64 bits per heavy atom. The zero-order valence-electron chi connectivity index (χ0n) is 15.0. The molecule has 3 aliphatic rings. The molecule has 1 aliphatic heterocycles. The van der Waals surface area contributed by atoms with E-state index in [0.717, 1.165) is 43.4 Å². The molecule has 1 heterocycles. The van der Waals surface area contributed by atoms with E-state index in [4.69, 9.17) is 4.74 Å². The van der Waals surface area contributed by atoms with Gasteiger partial charge < -0.3 is 10.1 Å². The number of hydrogen-bond donors (Lipinski definition) is 1. The molecule has 138 valence electrons. The van der Waals surface area contributed by atoms with Crippen LogP contribution >= 0.6 is 0 Å². The predicted octanol–water partition coefficient (Wildman–Crippen LogP) is 2.78. The highest BCUT2D eigenvalue weighted by Gasteiger charge is 2.52. The van der Waals surface area contributed by atoms with Crippen molar-refractivity contribution >= 4 is 17.9 Å². The Labute approximate surface area is 149 Å². The molecule has 25 heavy (non-hydrogen) atoms. The van der Waals surface area contributed by atoms with Gasteiger partial charge in [0.05, 0.1) is 6.61 Å². The van der Waals surface area contributed by atoms with Gasteiger partial charge in [-0.05, 0) is 56.8 Å². The average molecular weight is 348 g/mol. The van der Waals surface area contributed by atoms with Gasteiger partial charge in [0.2, 0.25) is 0 Å². The molecule has 0 aromatic rings. The fourth-order valence-electron chi connectivity index (χ4n) is 4.13. The number of imide groups is 1. The molecule has 6 heteroatoms. The number of nitrogens with one attached hydrogen (secondary N) is 1. The van der Waals surface area contributed by atoms with Gasteiger partial charge in [-0.2, -0.15) is 0 Å². The molecule has 6 nitrogen and oxygen atoms in total. The van der Waals surface area contributed by atoms with Gasteiger partial charge in [-0.15, -0.1) is 0 Å². The summed E-state index contributed by atoms with van der Waals surface area (Å²) in [4.78, 5) is 38.1. The highest BCUT2D eigenvalue weighted by atomic mass is 16.5. The molecule has 1 saturated carbocycles. The summed E-state index contributed by atoms with van der Waals surface area (Å²) in [7, 11) is 0. The zero-order valence-corrected chi connectivity index (χ0v) is 15.0.